The average molecular weight is 335 g/mol. The van der Waals surface area contributed by atoms with Crippen LogP contribution in [0.1, 0.15) is 43.9 Å². The number of benzene rings is 1. The third-order valence-corrected chi connectivity index (χ3v) is 3.59. The van der Waals surface area contributed by atoms with Gasteiger partial charge in [-0.3, -0.25) is 0 Å². The van der Waals surface area contributed by atoms with E-state index in [2.05, 4.69) is 40.8 Å². The van der Waals surface area contributed by atoms with E-state index < -0.39 is 0 Å². The number of aromatic nitrogens is 1. The van der Waals surface area contributed by atoms with Crippen molar-refractivity contribution in [1.82, 2.24) is 4.98 Å². The second-order valence-corrected chi connectivity index (χ2v) is 6.07. The number of hydrogen-bond donors (Lipinski definition) is 1. The Morgan fingerprint density at radius 2 is 1.90 bits per heavy atom. The van der Waals surface area contributed by atoms with Gasteiger partial charge in [-0.15, -0.1) is 0 Å². The molecule has 0 aliphatic rings. The van der Waals surface area contributed by atoms with Crippen molar-refractivity contribution in [2.75, 3.05) is 0 Å². The highest BCUT2D eigenvalue weighted by Crippen LogP contribution is 2.32. The van der Waals surface area contributed by atoms with Crippen LogP contribution in [0.4, 0.5) is 0 Å². The van der Waals surface area contributed by atoms with Crippen molar-refractivity contribution in [2.24, 2.45) is 5.73 Å². The highest BCUT2D eigenvalue weighted by atomic mass is 79.9. The molecule has 2 rings (SSSR count). The molecule has 106 valence electrons. The average Bonchev–Trinajstić information content (AvgIpc) is 2.41. The Bertz CT molecular complexity index is 580. The Hall–Kier alpha value is -1.39. The first-order valence-electron chi connectivity index (χ1n) is 6.66. The molecule has 0 aliphatic heterocycles. The first-order chi connectivity index (χ1) is 9.47. The third-order valence-electron chi connectivity index (χ3n) is 3.09. The lowest BCUT2D eigenvalue weighted by molar-refractivity contribution is 0.453. The number of rotatable bonds is 4. The molecule has 0 fully saturated rings. The van der Waals surface area contributed by atoms with E-state index in [1.807, 2.05) is 31.2 Å². The molecule has 2 aromatic rings. The minimum Gasteiger partial charge on any atom is -0.439 e. The predicted molar refractivity (Wildman–Crippen MR) is 85.1 cm³/mol. The van der Waals surface area contributed by atoms with Crippen molar-refractivity contribution in [2.45, 2.75) is 32.7 Å². The molecule has 0 saturated carbocycles. The first kappa shape index (κ1) is 15.0. The number of halogens is 1. The highest BCUT2D eigenvalue weighted by molar-refractivity contribution is 9.10. The SMILES string of the molecule is CC(C)c1cc(Br)ccc1Oc1ccc([C@@H](C)N)cn1. The van der Waals surface area contributed by atoms with Gasteiger partial charge in [0, 0.05) is 22.8 Å². The molecular weight excluding hydrogens is 316 g/mol. The molecule has 3 nitrogen and oxygen atoms in total. The summed E-state index contributed by atoms with van der Waals surface area (Å²) in [7, 11) is 0. The fraction of sp³-hybridized carbons (Fsp3) is 0.312. The van der Waals surface area contributed by atoms with Crippen LogP contribution in [0.5, 0.6) is 11.6 Å². The van der Waals surface area contributed by atoms with E-state index in [-0.39, 0.29) is 6.04 Å². The number of nitrogens with two attached hydrogens (primary N) is 1. The van der Waals surface area contributed by atoms with Crippen molar-refractivity contribution < 1.29 is 4.74 Å². The molecule has 1 heterocycles. The number of ether oxygens (including phenoxy) is 1. The Labute approximate surface area is 128 Å². The Kier molecular flexibility index (Phi) is 4.78. The van der Waals surface area contributed by atoms with Crippen LogP contribution in [-0.2, 0) is 0 Å². The van der Waals surface area contributed by atoms with Gasteiger partial charge in [0.05, 0.1) is 0 Å². The van der Waals surface area contributed by atoms with Crippen molar-refractivity contribution >= 4 is 15.9 Å². The fourth-order valence-corrected chi connectivity index (χ4v) is 2.28. The van der Waals surface area contributed by atoms with Gasteiger partial charge in [0.1, 0.15) is 5.75 Å². The summed E-state index contributed by atoms with van der Waals surface area (Å²) >= 11 is 3.49. The summed E-state index contributed by atoms with van der Waals surface area (Å²) in [6.45, 7) is 6.21. The lowest BCUT2D eigenvalue weighted by Crippen LogP contribution is -2.05. The molecule has 4 heteroatoms. The van der Waals surface area contributed by atoms with E-state index in [1.165, 1.54) is 0 Å². The topological polar surface area (TPSA) is 48.1 Å². The summed E-state index contributed by atoms with van der Waals surface area (Å²) in [5.41, 5.74) is 7.96. The third kappa shape index (κ3) is 3.58. The molecule has 1 aromatic carbocycles. The zero-order valence-corrected chi connectivity index (χ0v) is 13.5. The van der Waals surface area contributed by atoms with E-state index in [0.29, 0.717) is 11.8 Å². The Balaban J connectivity index is 2.25. The molecule has 20 heavy (non-hydrogen) atoms. The van der Waals surface area contributed by atoms with Crippen LogP contribution in [0.3, 0.4) is 0 Å². The first-order valence-corrected chi connectivity index (χ1v) is 7.45. The maximum atomic E-state index is 5.89. The molecule has 2 N–H and O–H groups in total. The van der Waals surface area contributed by atoms with Crippen LogP contribution in [0.25, 0.3) is 0 Å². The van der Waals surface area contributed by atoms with E-state index in [4.69, 9.17) is 10.5 Å². The summed E-state index contributed by atoms with van der Waals surface area (Å²) in [6, 6.07) is 9.79. The number of pyridine rings is 1. The summed E-state index contributed by atoms with van der Waals surface area (Å²) in [6.07, 6.45) is 1.76. The van der Waals surface area contributed by atoms with Crippen molar-refractivity contribution in [3.63, 3.8) is 0 Å². The molecule has 0 bridgehead atoms. The zero-order chi connectivity index (χ0) is 14.7. The van der Waals surface area contributed by atoms with Gasteiger partial charge in [0.15, 0.2) is 0 Å². The predicted octanol–water partition coefficient (Wildman–Crippen LogP) is 4.78. The molecule has 0 aliphatic carbocycles. The minimum atomic E-state index is -0.0181. The molecule has 1 aromatic heterocycles. The van der Waals surface area contributed by atoms with Crippen molar-refractivity contribution in [1.29, 1.82) is 0 Å². The van der Waals surface area contributed by atoms with Gasteiger partial charge < -0.3 is 10.5 Å². The van der Waals surface area contributed by atoms with Crippen LogP contribution in [-0.4, -0.2) is 4.98 Å². The monoisotopic (exact) mass is 334 g/mol. The lowest BCUT2D eigenvalue weighted by atomic mass is 10.0. The van der Waals surface area contributed by atoms with E-state index in [1.54, 1.807) is 6.20 Å². The Morgan fingerprint density at radius 3 is 2.45 bits per heavy atom. The van der Waals surface area contributed by atoms with Gasteiger partial charge in [-0.25, -0.2) is 4.98 Å². The van der Waals surface area contributed by atoms with E-state index >= 15 is 0 Å². The summed E-state index contributed by atoms with van der Waals surface area (Å²) in [4.78, 5) is 4.30. The van der Waals surface area contributed by atoms with E-state index in [0.717, 1.165) is 21.3 Å². The quantitative estimate of drug-likeness (QED) is 0.875. The summed E-state index contributed by atoms with van der Waals surface area (Å²) in [5.74, 6) is 1.80. The van der Waals surface area contributed by atoms with Gasteiger partial charge in [0.2, 0.25) is 5.88 Å². The van der Waals surface area contributed by atoms with E-state index in [9.17, 15) is 0 Å². The smallest absolute Gasteiger partial charge is 0.219 e. The second-order valence-electron chi connectivity index (χ2n) is 5.16. The van der Waals surface area contributed by atoms with Crippen LogP contribution >= 0.6 is 15.9 Å². The summed E-state index contributed by atoms with van der Waals surface area (Å²) < 4.78 is 6.94. The zero-order valence-electron chi connectivity index (χ0n) is 11.9. The molecule has 1 atom stereocenters. The van der Waals surface area contributed by atoms with Gasteiger partial charge in [-0.2, -0.15) is 0 Å². The van der Waals surface area contributed by atoms with Crippen LogP contribution in [0, 0.1) is 0 Å². The van der Waals surface area contributed by atoms with Gasteiger partial charge in [-0.1, -0.05) is 35.8 Å². The minimum absolute atomic E-state index is 0.0181. The van der Waals surface area contributed by atoms with Gasteiger partial charge >= 0.3 is 0 Å². The van der Waals surface area contributed by atoms with Crippen molar-refractivity contribution in [3.05, 3.63) is 52.1 Å². The molecule has 0 spiro atoms. The molecule has 0 amide bonds. The molecule has 0 saturated heterocycles. The fourth-order valence-electron chi connectivity index (χ4n) is 1.90. The van der Waals surface area contributed by atoms with Crippen LogP contribution in [0.2, 0.25) is 0 Å². The van der Waals surface area contributed by atoms with Gasteiger partial charge in [-0.05, 0) is 42.2 Å². The molecular formula is C16H19BrN2O. The molecule has 0 unspecified atom stereocenters. The maximum absolute atomic E-state index is 5.89. The number of nitrogens with zero attached hydrogens (tertiary/aromatic N) is 1. The van der Waals surface area contributed by atoms with Gasteiger partial charge in [0.25, 0.3) is 0 Å². The lowest BCUT2D eigenvalue weighted by Gasteiger charge is -2.14. The van der Waals surface area contributed by atoms with Crippen molar-refractivity contribution in [3.8, 4) is 11.6 Å². The highest BCUT2D eigenvalue weighted by Gasteiger charge is 2.10. The van der Waals surface area contributed by atoms with Crippen LogP contribution < -0.4 is 10.5 Å². The maximum Gasteiger partial charge on any atom is 0.219 e. The number of hydrogen-bond acceptors (Lipinski definition) is 3. The second kappa shape index (κ2) is 6.37. The normalized spacial score (nSPS) is 12.5. The largest absolute Gasteiger partial charge is 0.439 e. The Morgan fingerprint density at radius 1 is 1.15 bits per heavy atom. The standard InChI is InChI=1S/C16H19BrN2O/c1-10(2)14-8-13(17)5-6-15(14)20-16-7-4-12(9-19-16)11(3)18/h4-11H,18H2,1-3H3/t11-/m1/s1. The van der Waals surface area contributed by atoms with Crippen LogP contribution in [0.15, 0.2) is 41.0 Å². The summed E-state index contributed by atoms with van der Waals surface area (Å²) in [5, 5.41) is 0. The molecule has 0 radical (unpaired) electrons.